The minimum atomic E-state index is -0.156. The molecule has 0 aliphatic carbocycles. The number of carbonyl (C=O) groups is 1. The van der Waals surface area contributed by atoms with Crippen molar-refractivity contribution in [1.29, 1.82) is 0 Å². The predicted octanol–water partition coefficient (Wildman–Crippen LogP) is 6.18. The van der Waals surface area contributed by atoms with Crippen LogP contribution in [0.5, 0.6) is 11.5 Å². The molecule has 4 nitrogen and oxygen atoms in total. The Bertz CT molecular complexity index is 1110. The fraction of sp³-hybridized carbons (Fsp3) is 0.0870. The van der Waals surface area contributed by atoms with Crippen LogP contribution in [0.4, 0.5) is 5.69 Å². The van der Waals surface area contributed by atoms with Gasteiger partial charge in [0.1, 0.15) is 6.61 Å². The van der Waals surface area contributed by atoms with Gasteiger partial charge < -0.3 is 14.8 Å². The van der Waals surface area contributed by atoms with Gasteiger partial charge in [0, 0.05) is 20.6 Å². The Morgan fingerprint density at radius 3 is 2.59 bits per heavy atom. The van der Waals surface area contributed by atoms with Crippen LogP contribution in [0.2, 0.25) is 5.02 Å². The number of hydrogen-bond donors (Lipinski definition) is 1. The number of methoxy groups -OCH3 is 1. The molecule has 1 aliphatic rings. The average Bonchev–Trinajstić information content (AvgIpc) is 3.02. The van der Waals surface area contributed by atoms with Crippen LogP contribution in [-0.2, 0) is 11.4 Å². The van der Waals surface area contributed by atoms with Crippen LogP contribution in [0.15, 0.2) is 65.1 Å². The molecule has 3 aromatic carbocycles. The van der Waals surface area contributed by atoms with Crippen LogP contribution in [0.1, 0.15) is 16.7 Å². The molecule has 0 fully saturated rings. The van der Waals surface area contributed by atoms with Crippen molar-refractivity contribution in [3.8, 4) is 11.5 Å². The molecule has 0 unspecified atom stereocenters. The Morgan fingerprint density at radius 1 is 1.03 bits per heavy atom. The summed E-state index contributed by atoms with van der Waals surface area (Å²) >= 11 is 9.44. The largest absolute Gasteiger partial charge is 0.493 e. The van der Waals surface area contributed by atoms with E-state index in [0.29, 0.717) is 28.7 Å². The van der Waals surface area contributed by atoms with Crippen molar-refractivity contribution < 1.29 is 14.3 Å². The summed E-state index contributed by atoms with van der Waals surface area (Å²) in [5.74, 6) is 1.09. The molecule has 146 valence electrons. The average molecular weight is 471 g/mol. The lowest BCUT2D eigenvalue weighted by Crippen LogP contribution is -2.03. The molecule has 0 saturated heterocycles. The molecule has 3 aromatic rings. The van der Waals surface area contributed by atoms with Crippen LogP contribution in [-0.4, -0.2) is 13.0 Å². The van der Waals surface area contributed by atoms with E-state index in [9.17, 15) is 4.79 Å². The second kappa shape index (κ2) is 8.31. The van der Waals surface area contributed by atoms with Crippen molar-refractivity contribution in [2.75, 3.05) is 12.4 Å². The molecule has 4 rings (SSSR count). The summed E-state index contributed by atoms with van der Waals surface area (Å²) in [6.45, 7) is 0.431. The van der Waals surface area contributed by atoms with E-state index >= 15 is 0 Å². The highest BCUT2D eigenvalue weighted by atomic mass is 79.9. The van der Waals surface area contributed by atoms with E-state index in [-0.39, 0.29) is 5.91 Å². The molecular formula is C23H17BrClNO3. The number of nitrogens with one attached hydrogen (secondary N) is 1. The zero-order chi connectivity index (χ0) is 20.4. The molecule has 6 heteroatoms. The Labute approximate surface area is 182 Å². The third kappa shape index (κ3) is 4.31. The molecule has 29 heavy (non-hydrogen) atoms. The van der Waals surface area contributed by atoms with Crippen LogP contribution in [0.25, 0.3) is 11.6 Å². The summed E-state index contributed by atoms with van der Waals surface area (Å²) in [6, 6.07) is 18.9. The Hall–Kier alpha value is -2.76. The van der Waals surface area contributed by atoms with Gasteiger partial charge >= 0.3 is 0 Å². The highest BCUT2D eigenvalue weighted by Gasteiger charge is 2.24. The number of anilines is 1. The number of benzene rings is 3. The summed E-state index contributed by atoms with van der Waals surface area (Å²) in [7, 11) is 1.60. The lowest BCUT2D eigenvalue weighted by Gasteiger charge is -2.12. The zero-order valence-electron chi connectivity index (χ0n) is 15.5. The summed E-state index contributed by atoms with van der Waals surface area (Å²) in [5, 5.41) is 3.42. The molecule has 1 amide bonds. The maximum atomic E-state index is 12.4. The first-order chi connectivity index (χ1) is 14.0. The number of amides is 1. The second-order valence-electron chi connectivity index (χ2n) is 6.53. The molecule has 0 saturated carbocycles. The van der Waals surface area contributed by atoms with E-state index in [1.807, 2.05) is 54.6 Å². The molecule has 0 aromatic heterocycles. The SMILES string of the molecule is COc1cc(/C=C2/C(=O)Nc3cc(Cl)ccc32)ccc1OCc1ccc(Br)cc1. The third-order valence-corrected chi connectivity index (χ3v) is 5.33. The molecular weight excluding hydrogens is 454 g/mol. The van der Waals surface area contributed by atoms with Gasteiger partial charge in [-0.2, -0.15) is 0 Å². The molecule has 0 bridgehead atoms. The lowest BCUT2D eigenvalue weighted by molar-refractivity contribution is -0.110. The number of hydrogen-bond acceptors (Lipinski definition) is 3. The minimum Gasteiger partial charge on any atom is -0.493 e. The topological polar surface area (TPSA) is 47.6 Å². The van der Waals surface area contributed by atoms with Gasteiger partial charge in [0.05, 0.1) is 12.8 Å². The highest BCUT2D eigenvalue weighted by molar-refractivity contribution is 9.10. The molecule has 0 spiro atoms. The maximum Gasteiger partial charge on any atom is 0.256 e. The van der Waals surface area contributed by atoms with Gasteiger partial charge in [-0.3, -0.25) is 4.79 Å². The van der Waals surface area contributed by atoms with Gasteiger partial charge in [0.25, 0.3) is 5.91 Å². The first-order valence-corrected chi connectivity index (χ1v) is 10.1. The molecule has 0 radical (unpaired) electrons. The zero-order valence-corrected chi connectivity index (χ0v) is 17.9. The highest BCUT2D eigenvalue weighted by Crippen LogP contribution is 2.36. The third-order valence-electron chi connectivity index (χ3n) is 4.57. The van der Waals surface area contributed by atoms with E-state index in [4.69, 9.17) is 21.1 Å². The lowest BCUT2D eigenvalue weighted by atomic mass is 10.0. The smallest absolute Gasteiger partial charge is 0.256 e. The van der Waals surface area contributed by atoms with Gasteiger partial charge in [-0.15, -0.1) is 0 Å². The van der Waals surface area contributed by atoms with Gasteiger partial charge in [-0.05, 0) is 53.6 Å². The normalized spacial score (nSPS) is 13.9. The first-order valence-electron chi connectivity index (χ1n) is 8.92. The molecule has 1 N–H and O–H groups in total. The van der Waals surface area contributed by atoms with Crippen molar-refractivity contribution in [3.05, 3.63) is 86.8 Å². The summed E-state index contributed by atoms with van der Waals surface area (Å²) in [6.07, 6.45) is 1.83. The van der Waals surface area contributed by atoms with Crippen molar-refractivity contribution in [2.45, 2.75) is 6.61 Å². The number of rotatable bonds is 5. The fourth-order valence-corrected chi connectivity index (χ4v) is 3.55. The van der Waals surface area contributed by atoms with Crippen LogP contribution < -0.4 is 14.8 Å². The van der Waals surface area contributed by atoms with E-state index in [0.717, 1.165) is 26.9 Å². The predicted molar refractivity (Wildman–Crippen MR) is 119 cm³/mol. The van der Waals surface area contributed by atoms with E-state index in [2.05, 4.69) is 21.2 Å². The van der Waals surface area contributed by atoms with Gasteiger partial charge in [-0.25, -0.2) is 0 Å². The summed E-state index contributed by atoms with van der Waals surface area (Å²) < 4.78 is 12.4. The summed E-state index contributed by atoms with van der Waals surface area (Å²) in [5.41, 5.74) is 4.02. The van der Waals surface area contributed by atoms with E-state index in [1.165, 1.54) is 0 Å². The standard InChI is InChI=1S/C23H17BrClNO3/c1-28-22-11-15(4-9-21(22)29-13-14-2-5-16(24)6-3-14)10-19-18-8-7-17(25)12-20(18)26-23(19)27/h2-12H,13H2,1H3,(H,26,27)/b19-10+. The number of fused-ring (bicyclic) bond motifs is 1. The van der Waals surface area contributed by atoms with Crippen LogP contribution in [0, 0.1) is 0 Å². The Kier molecular flexibility index (Phi) is 5.60. The quantitative estimate of drug-likeness (QED) is 0.453. The monoisotopic (exact) mass is 469 g/mol. The number of ether oxygens (including phenoxy) is 2. The van der Waals surface area contributed by atoms with Crippen LogP contribution >= 0.6 is 27.5 Å². The Morgan fingerprint density at radius 2 is 1.83 bits per heavy atom. The number of carbonyl (C=O) groups excluding carboxylic acids is 1. The molecule has 1 aliphatic heterocycles. The van der Waals surface area contributed by atoms with E-state index < -0.39 is 0 Å². The maximum absolute atomic E-state index is 12.4. The van der Waals surface area contributed by atoms with Crippen LogP contribution in [0.3, 0.4) is 0 Å². The minimum absolute atomic E-state index is 0.156. The number of halogens is 2. The fourth-order valence-electron chi connectivity index (χ4n) is 3.11. The van der Waals surface area contributed by atoms with Crippen molar-refractivity contribution in [1.82, 2.24) is 0 Å². The van der Waals surface area contributed by atoms with Gasteiger partial charge in [0.15, 0.2) is 11.5 Å². The van der Waals surface area contributed by atoms with Crippen molar-refractivity contribution >= 4 is 50.8 Å². The second-order valence-corrected chi connectivity index (χ2v) is 7.88. The van der Waals surface area contributed by atoms with Crippen molar-refractivity contribution in [2.24, 2.45) is 0 Å². The van der Waals surface area contributed by atoms with Gasteiger partial charge in [0.2, 0.25) is 0 Å². The molecule has 1 heterocycles. The first kappa shape index (κ1) is 19.6. The molecule has 0 atom stereocenters. The Balaban J connectivity index is 1.58. The van der Waals surface area contributed by atoms with Crippen molar-refractivity contribution in [3.63, 3.8) is 0 Å². The van der Waals surface area contributed by atoms with Gasteiger partial charge in [-0.1, -0.05) is 51.8 Å². The summed E-state index contributed by atoms with van der Waals surface area (Å²) in [4.78, 5) is 12.4. The van der Waals surface area contributed by atoms with E-state index in [1.54, 1.807) is 19.2 Å².